The Kier molecular flexibility index (Phi) is 8.83. The van der Waals surface area contributed by atoms with Crippen molar-refractivity contribution in [2.45, 2.75) is 71.5 Å². The van der Waals surface area contributed by atoms with Crippen LogP contribution in [0.1, 0.15) is 55.2 Å². The Bertz CT molecular complexity index is 1180. The summed E-state index contributed by atoms with van der Waals surface area (Å²) < 4.78 is 19.6. The minimum Gasteiger partial charge on any atom is -0.465 e. The predicted molar refractivity (Wildman–Crippen MR) is 148 cm³/mol. The second-order valence-corrected chi connectivity index (χ2v) is 17.1. The number of carbonyl (C=O) groups excluding carboxylic acids is 3. The highest BCUT2D eigenvalue weighted by Gasteiger charge is 2.48. The monoisotopic (exact) mass is 541 g/mol. The maximum atomic E-state index is 14.9. The molecular formula is C29H40FN3O4Si. The Balaban J connectivity index is 2.00. The van der Waals surface area contributed by atoms with Gasteiger partial charge < -0.3 is 20.3 Å². The fourth-order valence-electron chi connectivity index (χ4n) is 4.91. The number of carbonyl (C=O) groups is 3. The van der Waals surface area contributed by atoms with Crippen molar-refractivity contribution in [1.29, 1.82) is 0 Å². The lowest BCUT2D eigenvalue weighted by Crippen LogP contribution is -2.55. The third-order valence-electron chi connectivity index (χ3n) is 7.32. The van der Waals surface area contributed by atoms with Gasteiger partial charge in [-0.1, -0.05) is 64.2 Å². The molecule has 0 spiro atoms. The minimum atomic E-state index is -1.91. The molecule has 7 nitrogen and oxygen atoms in total. The lowest BCUT2D eigenvalue weighted by molar-refractivity contribution is -0.147. The van der Waals surface area contributed by atoms with Crippen molar-refractivity contribution in [2.24, 2.45) is 11.1 Å². The van der Waals surface area contributed by atoms with E-state index < -0.39 is 43.4 Å². The van der Waals surface area contributed by atoms with Gasteiger partial charge in [-0.15, -0.1) is 0 Å². The molecule has 3 rings (SSSR count). The van der Waals surface area contributed by atoms with Crippen molar-refractivity contribution < 1.29 is 23.5 Å². The summed E-state index contributed by atoms with van der Waals surface area (Å²) >= 11 is 0. The minimum absolute atomic E-state index is 0.182. The average Bonchev–Trinajstić information content (AvgIpc) is 3.20. The molecule has 0 aromatic heterocycles. The van der Waals surface area contributed by atoms with E-state index in [9.17, 15) is 18.8 Å². The number of hydrogen-bond donors (Lipinski definition) is 1. The van der Waals surface area contributed by atoms with Crippen LogP contribution >= 0.6 is 0 Å². The Morgan fingerprint density at radius 3 is 2.29 bits per heavy atom. The molecule has 206 valence electrons. The fraction of sp³-hybridized carbons (Fsp3) is 0.483. The summed E-state index contributed by atoms with van der Waals surface area (Å²) in [6, 6.07) is 11.8. The number of nitrogens with two attached hydrogens (primary N) is 1. The molecule has 2 aromatic rings. The van der Waals surface area contributed by atoms with Gasteiger partial charge in [0.2, 0.25) is 11.8 Å². The fourth-order valence-corrected chi connectivity index (χ4v) is 7.78. The SMILES string of the molecule is COC(=O)c1ccc(CN(C(=O)C2C[Si](C)(C)CN2C(=O)C(N)C(C)(C)C)[C@H](C)c2ccccc2F)cc1. The molecule has 38 heavy (non-hydrogen) atoms. The molecule has 3 atom stereocenters. The average molecular weight is 542 g/mol. The molecule has 1 aliphatic heterocycles. The molecule has 9 heteroatoms. The molecule has 2 aromatic carbocycles. The lowest BCUT2D eigenvalue weighted by atomic mass is 9.86. The molecule has 0 radical (unpaired) electrons. The van der Waals surface area contributed by atoms with Gasteiger partial charge in [0.15, 0.2) is 0 Å². The van der Waals surface area contributed by atoms with Crippen LogP contribution in [0.2, 0.25) is 19.1 Å². The summed E-state index contributed by atoms with van der Waals surface area (Å²) in [4.78, 5) is 43.0. The number of esters is 1. The number of nitrogens with zero attached hydrogens (tertiary/aromatic N) is 2. The predicted octanol–water partition coefficient (Wildman–Crippen LogP) is 4.53. The summed E-state index contributed by atoms with van der Waals surface area (Å²) in [7, 11) is -0.590. The van der Waals surface area contributed by atoms with Crippen LogP contribution in [0.3, 0.4) is 0 Å². The second-order valence-electron chi connectivity index (χ2n) is 12.0. The molecule has 1 fully saturated rings. The number of hydrogen-bond acceptors (Lipinski definition) is 5. The van der Waals surface area contributed by atoms with Crippen LogP contribution < -0.4 is 5.73 Å². The number of amides is 2. The molecule has 1 aliphatic rings. The summed E-state index contributed by atoms with van der Waals surface area (Å²) in [6.07, 6.45) is 0.543. The molecule has 0 bridgehead atoms. The molecule has 2 unspecified atom stereocenters. The van der Waals surface area contributed by atoms with Crippen LogP contribution in [-0.4, -0.2) is 61.0 Å². The zero-order valence-corrected chi connectivity index (χ0v) is 24.5. The van der Waals surface area contributed by atoms with E-state index in [-0.39, 0.29) is 18.4 Å². The van der Waals surface area contributed by atoms with E-state index in [1.165, 1.54) is 13.2 Å². The van der Waals surface area contributed by atoms with Gasteiger partial charge in [-0.05, 0) is 42.1 Å². The van der Waals surface area contributed by atoms with E-state index in [1.807, 2.05) is 20.8 Å². The Morgan fingerprint density at radius 2 is 1.74 bits per heavy atom. The molecule has 1 heterocycles. The van der Waals surface area contributed by atoms with E-state index in [2.05, 4.69) is 13.1 Å². The molecule has 2 amide bonds. The summed E-state index contributed by atoms with van der Waals surface area (Å²) in [5.74, 6) is -1.31. The van der Waals surface area contributed by atoms with Crippen molar-refractivity contribution in [1.82, 2.24) is 9.80 Å². The van der Waals surface area contributed by atoms with Crippen LogP contribution in [0.15, 0.2) is 48.5 Å². The van der Waals surface area contributed by atoms with Crippen molar-refractivity contribution in [2.75, 3.05) is 13.3 Å². The number of rotatable bonds is 7. The van der Waals surface area contributed by atoms with Crippen molar-refractivity contribution in [3.63, 3.8) is 0 Å². The van der Waals surface area contributed by atoms with Crippen molar-refractivity contribution in [3.8, 4) is 0 Å². The summed E-state index contributed by atoms with van der Waals surface area (Å²) in [5, 5.41) is 0. The van der Waals surface area contributed by atoms with Gasteiger partial charge in [-0.3, -0.25) is 9.59 Å². The summed E-state index contributed by atoms with van der Waals surface area (Å²) in [5.41, 5.74) is 7.46. The number of methoxy groups -OCH3 is 1. The molecular weight excluding hydrogens is 501 g/mol. The van der Waals surface area contributed by atoms with Gasteiger partial charge >= 0.3 is 5.97 Å². The maximum absolute atomic E-state index is 14.9. The van der Waals surface area contributed by atoms with E-state index in [0.29, 0.717) is 23.3 Å². The van der Waals surface area contributed by atoms with Gasteiger partial charge in [-0.25, -0.2) is 9.18 Å². The van der Waals surface area contributed by atoms with Crippen LogP contribution in [0.4, 0.5) is 4.39 Å². The number of halogens is 1. The van der Waals surface area contributed by atoms with E-state index in [0.717, 1.165) is 5.56 Å². The van der Waals surface area contributed by atoms with Crippen molar-refractivity contribution in [3.05, 3.63) is 71.0 Å². The van der Waals surface area contributed by atoms with Gasteiger partial charge in [0.25, 0.3) is 0 Å². The van der Waals surface area contributed by atoms with Crippen LogP contribution in [0, 0.1) is 11.2 Å². The first kappa shape index (κ1) is 29.5. The van der Waals surface area contributed by atoms with Crippen molar-refractivity contribution >= 4 is 25.9 Å². The largest absolute Gasteiger partial charge is 0.465 e. The van der Waals surface area contributed by atoms with Crippen LogP contribution in [0.5, 0.6) is 0 Å². The Hall–Kier alpha value is -3.04. The topological polar surface area (TPSA) is 92.9 Å². The molecule has 0 aliphatic carbocycles. The third kappa shape index (κ3) is 6.50. The third-order valence-corrected chi connectivity index (χ3v) is 10.0. The standard InChI is InChI=1S/C29H40FN3O4Si/c1-19(22-10-8-9-11-23(22)30)32(16-20-12-14-21(15-13-20)28(36)37-5)26(34)24-17-38(6,7)18-33(24)27(35)25(31)29(2,3)4/h8-15,19,24-25H,16-18,31H2,1-7H3/t19-,24?,25?/m1/s1. The zero-order valence-electron chi connectivity index (χ0n) is 23.5. The molecule has 0 saturated carbocycles. The normalized spacial score (nSPS) is 18.6. The quantitative estimate of drug-likeness (QED) is 0.411. The van der Waals surface area contributed by atoms with Gasteiger partial charge in [0, 0.05) is 18.3 Å². The second kappa shape index (κ2) is 11.4. The van der Waals surface area contributed by atoms with E-state index >= 15 is 0 Å². The first-order valence-corrected chi connectivity index (χ1v) is 16.4. The summed E-state index contributed by atoms with van der Waals surface area (Å²) in [6.45, 7) is 12.0. The smallest absolute Gasteiger partial charge is 0.337 e. The highest BCUT2D eigenvalue weighted by atomic mass is 28.3. The lowest BCUT2D eigenvalue weighted by Gasteiger charge is -2.37. The maximum Gasteiger partial charge on any atom is 0.337 e. The first-order valence-electron chi connectivity index (χ1n) is 12.9. The van der Waals surface area contributed by atoms with E-state index in [4.69, 9.17) is 10.5 Å². The molecule has 2 N–H and O–H groups in total. The Morgan fingerprint density at radius 1 is 1.13 bits per heavy atom. The number of benzene rings is 2. The van der Waals surface area contributed by atoms with Gasteiger partial charge in [0.05, 0.1) is 32.8 Å². The Labute approximate surface area is 226 Å². The van der Waals surface area contributed by atoms with E-state index in [1.54, 1.807) is 59.2 Å². The first-order chi connectivity index (χ1) is 17.7. The van der Waals surface area contributed by atoms with Gasteiger partial charge in [-0.2, -0.15) is 0 Å². The van der Waals surface area contributed by atoms with Gasteiger partial charge in [0.1, 0.15) is 11.9 Å². The number of ether oxygens (including phenoxy) is 1. The van der Waals surface area contributed by atoms with Crippen LogP contribution in [0.25, 0.3) is 0 Å². The highest BCUT2D eigenvalue weighted by molar-refractivity contribution is 6.79. The zero-order chi connectivity index (χ0) is 28.4. The molecule has 1 saturated heterocycles. The highest BCUT2D eigenvalue weighted by Crippen LogP contribution is 2.34. The van der Waals surface area contributed by atoms with Crippen LogP contribution in [-0.2, 0) is 20.9 Å².